The van der Waals surface area contributed by atoms with Crippen LogP contribution >= 0.6 is 0 Å². The highest BCUT2D eigenvalue weighted by Crippen LogP contribution is 2.19. The Morgan fingerprint density at radius 2 is 1.56 bits per heavy atom. The van der Waals surface area contributed by atoms with E-state index in [-0.39, 0.29) is 24.5 Å². The van der Waals surface area contributed by atoms with Crippen molar-refractivity contribution in [1.82, 2.24) is 20.9 Å². The molecular weight excluding hydrogens is 530 g/mol. The standard InChI is InChI=1S/C29H37N5O7/c1-3-16(2)25(34-26(37)21(30)13-18-14-31-22-7-5-4-6-20(18)22)28(39)32-23(12-17-8-10-19(36)11-9-17)27(38)33-24(15-35)29(40)41/h4-11,14,16,21,23-25,31,35-36H,3,12-13,15,30H2,1-2H3,(H,32,39)(H,33,38)(H,34,37)(H,40,41). The monoisotopic (exact) mass is 567 g/mol. The molecule has 0 saturated carbocycles. The van der Waals surface area contributed by atoms with Crippen LogP contribution in [0.4, 0.5) is 0 Å². The second kappa shape index (κ2) is 14.3. The van der Waals surface area contributed by atoms with E-state index in [2.05, 4.69) is 20.9 Å². The number of para-hydroxylation sites is 1. The Bertz CT molecular complexity index is 1360. The second-order valence-corrected chi connectivity index (χ2v) is 10.1. The van der Waals surface area contributed by atoms with Crippen molar-refractivity contribution in [1.29, 1.82) is 0 Å². The summed E-state index contributed by atoms with van der Waals surface area (Å²) in [6.45, 7) is 2.78. The highest BCUT2D eigenvalue weighted by atomic mass is 16.4. The first-order valence-electron chi connectivity index (χ1n) is 13.4. The van der Waals surface area contributed by atoms with Crippen molar-refractivity contribution in [3.05, 3.63) is 65.9 Å². The molecule has 3 rings (SSSR count). The molecule has 5 unspecified atom stereocenters. The highest BCUT2D eigenvalue weighted by molar-refractivity contribution is 5.94. The van der Waals surface area contributed by atoms with Crippen molar-refractivity contribution < 1.29 is 34.5 Å². The molecule has 3 amide bonds. The summed E-state index contributed by atoms with van der Waals surface area (Å²) in [5.41, 5.74) is 8.57. The van der Waals surface area contributed by atoms with Gasteiger partial charge in [-0.1, -0.05) is 50.6 Å². The van der Waals surface area contributed by atoms with Crippen LogP contribution in [0.2, 0.25) is 0 Å². The Balaban J connectivity index is 1.76. The average Bonchev–Trinajstić information content (AvgIpc) is 3.36. The van der Waals surface area contributed by atoms with Gasteiger partial charge in [0, 0.05) is 23.5 Å². The molecule has 9 N–H and O–H groups in total. The topological polar surface area (TPSA) is 207 Å². The molecular formula is C29H37N5O7. The third kappa shape index (κ3) is 8.29. The minimum absolute atomic E-state index is 0.00790. The van der Waals surface area contributed by atoms with E-state index in [1.807, 2.05) is 31.2 Å². The molecule has 2 aromatic carbocycles. The number of hydrogen-bond acceptors (Lipinski definition) is 7. The van der Waals surface area contributed by atoms with Crippen LogP contribution in [-0.2, 0) is 32.0 Å². The van der Waals surface area contributed by atoms with Crippen LogP contribution in [0.1, 0.15) is 31.4 Å². The molecule has 0 fully saturated rings. The molecule has 12 heteroatoms. The number of aliphatic hydroxyl groups is 1. The first-order chi connectivity index (χ1) is 19.5. The number of amides is 3. The van der Waals surface area contributed by atoms with E-state index >= 15 is 0 Å². The molecule has 0 aliphatic carbocycles. The number of fused-ring (bicyclic) bond motifs is 1. The van der Waals surface area contributed by atoms with Gasteiger partial charge in [-0.25, -0.2) is 4.79 Å². The van der Waals surface area contributed by atoms with Gasteiger partial charge in [0.05, 0.1) is 12.6 Å². The van der Waals surface area contributed by atoms with Gasteiger partial charge in [0.15, 0.2) is 0 Å². The fourth-order valence-electron chi connectivity index (χ4n) is 4.39. The van der Waals surface area contributed by atoms with E-state index in [9.17, 15) is 34.5 Å². The smallest absolute Gasteiger partial charge is 0.328 e. The fourth-order valence-corrected chi connectivity index (χ4v) is 4.39. The second-order valence-electron chi connectivity index (χ2n) is 10.1. The van der Waals surface area contributed by atoms with E-state index in [4.69, 9.17) is 5.73 Å². The summed E-state index contributed by atoms with van der Waals surface area (Å²) in [4.78, 5) is 54.2. The zero-order valence-corrected chi connectivity index (χ0v) is 23.0. The normalized spacial score (nSPS) is 14.8. The lowest BCUT2D eigenvalue weighted by molar-refractivity contribution is -0.143. The van der Waals surface area contributed by atoms with Crippen molar-refractivity contribution in [3.63, 3.8) is 0 Å². The van der Waals surface area contributed by atoms with Crippen LogP contribution in [0.5, 0.6) is 5.75 Å². The predicted octanol–water partition coefficient (Wildman–Crippen LogP) is 0.563. The Kier molecular flexibility index (Phi) is 10.8. The summed E-state index contributed by atoms with van der Waals surface area (Å²) in [5, 5.41) is 36.7. The molecule has 0 radical (unpaired) electrons. The number of nitrogens with two attached hydrogens (primary N) is 1. The van der Waals surface area contributed by atoms with Crippen molar-refractivity contribution in [2.24, 2.45) is 11.7 Å². The number of phenolic OH excluding ortho intramolecular Hbond substituents is 1. The van der Waals surface area contributed by atoms with Crippen molar-refractivity contribution in [2.75, 3.05) is 6.61 Å². The third-order valence-electron chi connectivity index (χ3n) is 7.05. The molecule has 0 spiro atoms. The predicted molar refractivity (Wildman–Crippen MR) is 152 cm³/mol. The minimum atomic E-state index is -1.57. The van der Waals surface area contributed by atoms with Crippen molar-refractivity contribution >= 4 is 34.6 Å². The number of hydrogen-bond donors (Lipinski definition) is 8. The molecule has 0 bridgehead atoms. The quantitative estimate of drug-likeness (QED) is 0.138. The summed E-state index contributed by atoms with van der Waals surface area (Å²) < 4.78 is 0. The number of aromatic nitrogens is 1. The number of benzene rings is 2. The van der Waals surface area contributed by atoms with E-state index in [0.717, 1.165) is 16.5 Å². The number of carboxylic acids is 1. The lowest BCUT2D eigenvalue weighted by atomic mass is 9.96. The number of nitrogens with one attached hydrogen (secondary N) is 4. The average molecular weight is 568 g/mol. The van der Waals surface area contributed by atoms with Crippen LogP contribution in [0.25, 0.3) is 10.9 Å². The fraction of sp³-hybridized carbons (Fsp3) is 0.379. The molecule has 12 nitrogen and oxygen atoms in total. The molecule has 3 aromatic rings. The van der Waals surface area contributed by atoms with Gasteiger partial charge < -0.3 is 42.0 Å². The molecule has 0 aliphatic heterocycles. The first kappa shape index (κ1) is 31.1. The Hall–Kier alpha value is -4.42. The SMILES string of the molecule is CCC(C)C(NC(=O)C(N)Cc1c[nH]c2ccccc12)C(=O)NC(Cc1ccc(O)cc1)C(=O)NC(CO)C(=O)O. The van der Waals surface area contributed by atoms with Gasteiger partial charge in [-0.05, 0) is 41.7 Å². The Morgan fingerprint density at radius 3 is 2.20 bits per heavy atom. The molecule has 1 aromatic heterocycles. The minimum Gasteiger partial charge on any atom is -0.508 e. The van der Waals surface area contributed by atoms with Crippen LogP contribution in [0.3, 0.4) is 0 Å². The largest absolute Gasteiger partial charge is 0.508 e. The van der Waals surface area contributed by atoms with Gasteiger partial charge in [-0.2, -0.15) is 0 Å². The zero-order valence-electron chi connectivity index (χ0n) is 23.0. The van der Waals surface area contributed by atoms with E-state index < -0.39 is 54.5 Å². The molecule has 5 atom stereocenters. The maximum Gasteiger partial charge on any atom is 0.328 e. The van der Waals surface area contributed by atoms with Gasteiger partial charge in [0.25, 0.3) is 0 Å². The summed E-state index contributed by atoms with van der Waals surface area (Å²) >= 11 is 0. The number of H-pyrrole nitrogens is 1. The number of rotatable bonds is 14. The maximum atomic E-state index is 13.5. The van der Waals surface area contributed by atoms with E-state index in [0.29, 0.717) is 12.0 Å². The number of aliphatic hydroxyl groups excluding tert-OH is 1. The summed E-state index contributed by atoms with van der Waals surface area (Å²) in [5.74, 6) is -3.79. The lowest BCUT2D eigenvalue weighted by Gasteiger charge is -2.28. The zero-order chi connectivity index (χ0) is 30.1. The third-order valence-corrected chi connectivity index (χ3v) is 7.05. The molecule has 0 saturated heterocycles. The molecule has 41 heavy (non-hydrogen) atoms. The number of phenols is 1. The summed E-state index contributed by atoms with van der Waals surface area (Å²) in [7, 11) is 0. The number of aliphatic carboxylic acids is 1. The van der Waals surface area contributed by atoms with Gasteiger partial charge in [-0.3, -0.25) is 14.4 Å². The Labute approximate surface area is 237 Å². The molecule has 0 aliphatic rings. The van der Waals surface area contributed by atoms with E-state index in [1.54, 1.807) is 25.3 Å². The Morgan fingerprint density at radius 1 is 0.902 bits per heavy atom. The number of carbonyl (C=O) groups excluding carboxylic acids is 3. The van der Waals surface area contributed by atoms with Gasteiger partial charge >= 0.3 is 5.97 Å². The summed E-state index contributed by atoms with van der Waals surface area (Å²) in [6, 6.07) is 8.75. The maximum absolute atomic E-state index is 13.5. The van der Waals surface area contributed by atoms with Crippen molar-refractivity contribution in [3.8, 4) is 5.75 Å². The molecule has 220 valence electrons. The number of carbonyl (C=O) groups is 4. The van der Waals surface area contributed by atoms with Crippen LogP contribution in [0, 0.1) is 5.92 Å². The van der Waals surface area contributed by atoms with Crippen LogP contribution < -0.4 is 21.7 Å². The van der Waals surface area contributed by atoms with Gasteiger partial charge in [0.2, 0.25) is 17.7 Å². The van der Waals surface area contributed by atoms with Gasteiger partial charge in [0.1, 0.15) is 23.9 Å². The number of carboxylic acid groups (broad SMARTS) is 1. The van der Waals surface area contributed by atoms with Crippen LogP contribution in [-0.4, -0.2) is 74.8 Å². The molecule has 1 heterocycles. The number of aromatic amines is 1. The van der Waals surface area contributed by atoms with Crippen molar-refractivity contribution in [2.45, 2.75) is 57.3 Å². The highest BCUT2D eigenvalue weighted by Gasteiger charge is 2.32. The van der Waals surface area contributed by atoms with E-state index in [1.165, 1.54) is 12.1 Å². The summed E-state index contributed by atoms with van der Waals surface area (Å²) in [6.07, 6.45) is 2.50. The lowest BCUT2D eigenvalue weighted by Crippen LogP contribution is -2.59. The van der Waals surface area contributed by atoms with Crippen LogP contribution in [0.15, 0.2) is 54.7 Å². The number of aromatic hydroxyl groups is 1. The van der Waals surface area contributed by atoms with Gasteiger partial charge in [-0.15, -0.1) is 0 Å². The first-order valence-corrected chi connectivity index (χ1v) is 13.4.